The number of rotatable bonds is 7. The van der Waals surface area contributed by atoms with Crippen molar-refractivity contribution < 1.29 is 4.42 Å². The van der Waals surface area contributed by atoms with Crippen LogP contribution < -0.4 is 10.6 Å². The summed E-state index contributed by atoms with van der Waals surface area (Å²) in [4.78, 5) is 8.56. The van der Waals surface area contributed by atoms with Crippen LogP contribution in [-0.4, -0.2) is 34.7 Å². The summed E-state index contributed by atoms with van der Waals surface area (Å²) < 4.78 is 5.26. The van der Waals surface area contributed by atoms with Gasteiger partial charge in [0.25, 0.3) is 0 Å². The van der Waals surface area contributed by atoms with Crippen molar-refractivity contribution in [1.29, 1.82) is 0 Å². The minimum atomic E-state index is 0.525. The van der Waals surface area contributed by atoms with Crippen LogP contribution in [0.4, 0.5) is 0 Å². The number of guanidine groups is 1. The Labute approximate surface area is 130 Å². The van der Waals surface area contributed by atoms with E-state index in [1.165, 1.54) is 6.42 Å². The maximum atomic E-state index is 5.26. The number of furan rings is 1. The Morgan fingerprint density at radius 3 is 2.95 bits per heavy atom. The zero-order chi connectivity index (χ0) is 15.8. The van der Waals surface area contributed by atoms with Gasteiger partial charge in [0.15, 0.2) is 11.7 Å². The molecule has 22 heavy (non-hydrogen) atoms. The molecule has 2 rings (SSSR count). The van der Waals surface area contributed by atoms with Crippen LogP contribution in [-0.2, 0) is 6.54 Å². The number of hydrogen-bond acceptors (Lipinski definition) is 4. The Hall–Kier alpha value is -2.31. The summed E-state index contributed by atoms with van der Waals surface area (Å²) in [6, 6.07) is 3.64. The molecule has 0 aliphatic carbocycles. The molecule has 0 bridgehead atoms. The van der Waals surface area contributed by atoms with Gasteiger partial charge in [-0.1, -0.05) is 13.8 Å². The average molecular weight is 304 g/mol. The molecule has 0 aliphatic heterocycles. The van der Waals surface area contributed by atoms with Gasteiger partial charge in [-0.3, -0.25) is 10.1 Å². The lowest BCUT2D eigenvalue weighted by Gasteiger charge is -2.11. The monoisotopic (exact) mass is 304 g/mol. The van der Waals surface area contributed by atoms with E-state index in [2.05, 4.69) is 44.7 Å². The molecular weight excluding hydrogens is 280 g/mol. The fraction of sp³-hybridized carbons (Fsp3) is 0.533. The highest BCUT2D eigenvalue weighted by atomic mass is 16.3. The van der Waals surface area contributed by atoms with Crippen LogP contribution in [0.1, 0.15) is 32.5 Å². The number of aromatic amines is 1. The first-order valence-corrected chi connectivity index (χ1v) is 7.58. The van der Waals surface area contributed by atoms with Gasteiger partial charge in [-0.15, -0.1) is 5.10 Å². The highest BCUT2D eigenvalue weighted by molar-refractivity contribution is 5.79. The molecule has 2 heterocycles. The standard InChI is InChI=1S/C15H24N6O/c1-11(2)6-4-8-17-15(16-3)18-10-13-19-14(21-20-13)12-7-5-9-22-12/h5,7,9,11H,4,6,8,10H2,1-3H3,(H2,16,17,18)(H,19,20,21). The highest BCUT2D eigenvalue weighted by Gasteiger charge is 2.08. The summed E-state index contributed by atoms with van der Waals surface area (Å²) in [7, 11) is 1.76. The number of nitrogens with zero attached hydrogens (tertiary/aromatic N) is 3. The van der Waals surface area contributed by atoms with E-state index >= 15 is 0 Å². The fourth-order valence-corrected chi connectivity index (χ4v) is 2.00. The molecule has 0 aromatic carbocycles. The number of H-pyrrole nitrogens is 1. The lowest BCUT2D eigenvalue weighted by Crippen LogP contribution is -2.37. The second-order valence-electron chi connectivity index (χ2n) is 5.47. The topological polar surface area (TPSA) is 91.1 Å². The molecule has 7 heteroatoms. The second-order valence-corrected chi connectivity index (χ2v) is 5.47. The van der Waals surface area contributed by atoms with Gasteiger partial charge < -0.3 is 15.1 Å². The van der Waals surface area contributed by atoms with E-state index in [9.17, 15) is 0 Å². The molecule has 0 saturated heterocycles. The van der Waals surface area contributed by atoms with Gasteiger partial charge >= 0.3 is 0 Å². The first kappa shape index (κ1) is 16.1. The average Bonchev–Trinajstić information content (AvgIpc) is 3.17. The number of nitrogens with one attached hydrogen (secondary N) is 3. The van der Waals surface area contributed by atoms with E-state index in [4.69, 9.17) is 4.42 Å². The Balaban J connectivity index is 1.76. The summed E-state index contributed by atoms with van der Waals surface area (Å²) in [5.41, 5.74) is 0. The third-order valence-electron chi connectivity index (χ3n) is 3.17. The molecule has 0 fully saturated rings. The summed E-state index contributed by atoms with van der Waals surface area (Å²) in [6.07, 6.45) is 3.94. The van der Waals surface area contributed by atoms with Gasteiger partial charge in [-0.05, 0) is 30.9 Å². The van der Waals surface area contributed by atoms with Crippen LogP contribution in [0.5, 0.6) is 0 Å². The van der Waals surface area contributed by atoms with E-state index in [1.54, 1.807) is 13.3 Å². The van der Waals surface area contributed by atoms with Crippen molar-refractivity contribution in [1.82, 2.24) is 25.8 Å². The van der Waals surface area contributed by atoms with E-state index in [1.807, 2.05) is 12.1 Å². The minimum Gasteiger partial charge on any atom is -0.461 e. The molecular formula is C15H24N6O. The Bertz CT molecular complexity index is 573. The van der Waals surface area contributed by atoms with Crippen molar-refractivity contribution in [2.24, 2.45) is 10.9 Å². The van der Waals surface area contributed by atoms with Gasteiger partial charge in [0.1, 0.15) is 5.82 Å². The second kappa shape index (κ2) is 8.21. The van der Waals surface area contributed by atoms with Gasteiger partial charge in [0.05, 0.1) is 12.8 Å². The van der Waals surface area contributed by atoms with Crippen LogP contribution in [0.15, 0.2) is 27.8 Å². The Morgan fingerprint density at radius 1 is 1.41 bits per heavy atom. The first-order valence-electron chi connectivity index (χ1n) is 7.58. The summed E-state index contributed by atoms with van der Waals surface area (Å²) in [6.45, 7) is 5.89. The quantitative estimate of drug-likeness (QED) is 0.414. The molecule has 0 aliphatic rings. The Morgan fingerprint density at radius 2 is 2.27 bits per heavy atom. The molecule has 0 radical (unpaired) electrons. The third kappa shape index (κ3) is 4.91. The van der Waals surface area contributed by atoms with Crippen LogP contribution in [0, 0.1) is 5.92 Å². The normalized spacial score (nSPS) is 11.9. The molecule has 0 atom stereocenters. The van der Waals surface area contributed by atoms with Gasteiger partial charge in [-0.25, -0.2) is 4.98 Å². The molecule has 0 saturated carbocycles. The molecule has 3 N–H and O–H groups in total. The van der Waals surface area contributed by atoms with Gasteiger partial charge in [0.2, 0.25) is 5.82 Å². The molecule has 0 unspecified atom stereocenters. The fourth-order valence-electron chi connectivity index (χ4n) is 2.00. The van der Waals surface area contributed by atoms with Crippen molar-refractivity contribution in [2.75, 3.05) is 13.6 Å². The minimum absolute atomic E-state index is 0.525. The smallest absolute Gasteiger partial charge is 0.216 e. The van der Waals surface area contributed by atoms with Crippen LogP contribution in [0.2, 0.25) is 0 Å². The molecule has 2 aromatic rings. The largest absolute Gasteiger partial charge is 0.461 e. The molecule has 7 nitrogen and oxygen atoms in total. The lowest BCUT2D eigenvalue weighted by molar-refractivity contribution is 0.549. The number of hydrogen-bond donors (Lipinski definition) is 3. The van der Waals surface area contributed by atoms with Crippen molar-refractivity contribution >= 4 is 5.96 Å². The lowest BCUT2D eigenvalue weighted by atomic mass is 10.1. The SMILES string of the molecule is CN=C(NCCCC(C)C)NCc1nc(-c2ccco2)n[nH]1. The van der Waals surface area contributed by atoms with Crippen molar-refractivity contribution in [2.45, 2.75) is 33.2 Å². The summed E-state index contributed by atoms with van der Waals surface area (Å²) >= 11 is 0. The summed E-state index contributed by atoms with van der Waals surface area (Å²) in [5.74, 6) is 3.43. The van der Waals surface area contributed by atoms with Gasteiger partial charge in [-0.2, -0.15) is 0 Å². The highest BCUT2D eigenvalue weighted by Crippen LogP contribution is 2.14. The van der Waals surface area contributed by atoms with E-state index in [0.717, 1.165) is 30.7 Å². The van der Waals surface area contributed by atoms with Crippen molar-refractivity contribution in [3.8, 4) is 11.6 Å². The van der Waals surface area contributed by atoms with Gasteiger partial charge in [0, 0.05) is 13.6 Å². The summed E-state index contributed by atoms with van der Waals surface area (Å²) in [5, 5.41) is 13.5. The zero-order valence-corrected chi connectivity index (χ0v) is 13.4. The van der Waals surface area contributed by atoms with Crippen LogP contribution in [0.3, 0.4) is 0 Å². The predicted molar refractivity (Wildman–Crippen MR) is 86.4 cm³/mol. The third-order valence-corrected chi connectivity index (χ3v) is 3.17. The van der Waals surface area contributed by atoms with Crippen molar-refractivity contribution in [3.05, 3.63) is 24.2 Å². The molecule has 0 amide bonds. The Kier molecular flexibility index (Phi) is 6.00. The molecule has 120 valence electrons. The number of aliphatic imine (C=N–C) groups is 1. The predicted octanol–water partition coefficient (Wildman–Crippen LogP) is 2.17. The van der Waals surface area contributed by atoms with Crippen LogP contribution in [0.25, 0.3) is 11.6 Å². The maximum Gasteiger partial charge on any atom is 0.216 e. The molecule has 2 aromatic heterocycles. The first-order chi connectivity index (χ1) is 10.7. The zero-order valence-electron chi connectivity index (χ0n) is 13.4. The van der Waals surface area contributed by atoms with Crippen molar-refractivity contribution in [3.63, 3.8) is 0 Å². The molecule has 0 spiro atoms. The van der Waals surface area contributed by atoms with E-state index in [0.29, 0.717) is 18.1 Å². The van der Waals surface area contributed by atoms with Crippen LogP contribution >= 0.6 is 0 Å². The maximum absolute atomic E-state index is 5.26. The van der Waals surface area contributed by atoms with E-state index in [-0.39, 0.29) is 0 Å². The number of aromatic nitrogens is 3. The van der Waals surface area contributed by atoms with E-state index < -0.39 is 0 Å².